The molecule has 2 heterocycles. The van der Waals surface area contributed by atoms with Crippen molar-refractivity contribution in [2.45, 2.75) is 38.0 Å². The standard InChI is InChI=1S/C25H37ClFN7O2S/c1-4-22(16(2)19(14-23(29)35)31-24-18(27)15-30-25(26)32-24)37-12-11-36-21-13-17(28)5-6-20(21)34-9-7-33(3)8-10-34/h5-6,13,15-16,19,22H,4,7-12,14,28H2,1-3H3,(H2,29,35)(H,30,31,32)/t16-,19-,22+/m0/s1. The summed E-state index contributed by atoms with van der Waals surface area (Å²) in [4.78, 5) is 24.0. The van der Waals surface area contributed by atoms with Gasteiger partial charge in [-0.05, 0) is 43.1 Å². The van der Waals surface area contributed by atoms with Crippen molar-refractivity contribution >= 4 is 46.5 Å². The fraction of sp³-hybridized carbons (Fsp3) is 0.560. The predicted molar refractivity (Wildman–Crippen MR) is 150 cm³/mol. The average Bonchev–Trinajstić information content (AvgIpc) is 2.86. The van der Waals surface area contributed by atoms with Crippen LogP contribution in [0.2, 0.25) is 5.28 Å². The van der Waals surface area contributed by atoms with Crippen LogP contribution in [-0.2, 0) is 4.79 Å². The van der Waals surface area contributed by atoms with Gasteiger partial charge in [0.15, 0.2) is 11.6 Å². The average molecular weight is 554 g/mol. The second-order valence-electron chi connectivity index (χ2n) is 9.30. The molecule has 1 aromatic carbocycles. The van der Waals surface area contributed by atoms with Gasteiger partial charge in [0.05, 0.1) is 18.5 Å². The minimum Gasteiger partial charge on any atom is -0.490 e. The molecule has 9 nitrogen and oxygen atoms in total. The summed E-state index contributed by atoms with van der Waals surface area (Å²) in [5, 5.41) is 3.11. The lowest BCUT2D eigenvalue weighted by atomic mass is 9.93. The number of halogens is 2. The molecule has 1 aliphatic rings. The molecule has 0 saturated carbocycles. The monoisotopic (exact) mass is 553 g/mol. The molecule has 1 fully saturated rings. The number of likely N-dealkylation sites (N-methyl/N-ethyl adjacent to an activating group) is 1. The van der Waals surface area contributed by atoms with E-state index in [0.29, 0.717) is 12.3 Å². The van der Waals surface area contributed by atoms with Crippen LogP contribution in [0.25, 0.3) is 0 Å². The van der Waals surface area contributed by atoms with E-state index in [1.807, 2.05) is 25.1 Å². The van der Waals surface area contributed by atoms with Gasteiger partial charge in [-0.2, -0.15) is 16.7 Å². The Balaban J connectivity index is 1.61. The molecule has 1 amide bonds. The van der Waals surface area contributed by atoms with E-state index in [0.717, 1.165) is 56.0 Å². The van der Waals surface area contributed by atoms with E-state index in [1.54, 1.807) is 11.8 Å². The van der Waals surface area contributed by atoms with Crippen LogP contribution in [0.1, 0.15) is 26.7 Å². The Bertz CT molecular complexity index is 1040. The van der Waals surface area contributed by atoms with Crippen molar-refractivity contribution in [3.63, 3.8) is 0 Å². The highest BCUT2D eigenvalue weighted by atomic mass is 35.5. The number of aromatic nitrogens is 2. The molecular formula is C25H37ClFN7O2S. The number of anilines is 3. The number of nitrogens with one attached hydrogen (secondary N) is 1. The van der Waals surface area contributed by atoms with Crippen LogP contribution in [0.3, 0.4) is 0 Å². The fourth-order valence-electron chi connectivity index (χ4n) is 4.41. The summed E-state index contributed by atoms with van der Waals surface area (Å²) in [5.41, 5.74) is 13.3. The van der Waals surface area contributed by atoms with Crippen molar-refractivity contribution in [3.8, 4) is 5.75 Å². The normalized spacial score (nSPS) is 16.7. The zero-order valence-corrected chi connectivity index (χ0v) is 23.2. The van der Waals surface area contributed by atoms with E-state index < -0.39 is 17.8 Å². The summed E-state index contributed by atoms with van der Waals surface area (Å²) in [6.45, 7) is 8.49. The van der Waals surface area contributed by atoms with Crippen molar-refractivity contribution in [2.24, 2.45) is 11.7 Å². The van der Waals surface area contributed by atoms with Gasteiger partial charge in [0.25, 0.3) is 0 Å². The third-order valence-corrected chi connectivity index (χ3v) is 8.36. The van der Waals surface area contributed by atoms with Crippen molar-refractivity contribution in [2.75, 3.05) is 61.5 Å². The number of primary amides is 1. The number of hydrogen-bond donors (Lipinski definition) is 3. The maximum atomic E-state index is 14.2. The van der Waals surface area contributed by atoms with E-state index in [9.17, 15) is 9.18 Å². The second-order valence-corrected chi connectivity index (χ2v) is 11.0. The van der Waals surface area contributed by atoms with Crippen molar-refractivity contribution in [1.29, 1.82) is 0 Å². The smallest absolute Gasteiger partial charge is 0.224 e. The summed E-state index contributed by atoms with van der Waals surface area (Å²) < 4.78 is 20.4. The molecule has 1 aromatic heterocycles. The molecule has 0 aliphatic carbocycles. The minimum absolute atomic E-state index is 0.0242. The van der Waals surface area contributed by atoms with Gasteiger partial charge in [-0.25, -0.2) is 9.37 Å². The van der Waals surface area contributed by atoms with Gasteiger partial charge in [0, 0.05) is 61.4 Å². The topological polar surface area (TPSA) is 123 Å². The highest BCUT2D eigenvalue weighted by Gasteiger charge is 2.28. The lowest BCUT2D eigenvalue weighted by Crippen LogP contribution is -2.44. The largest absolute Gasteiger partial charge is 0.490 e. The van der Waals surface area contributed by atoms with E-state index in [-0.39, 0.29) is 28.7 Å². The lowest BCUT2D eigenvalue weighted by molar-refractivity contribution is -0.118. The van der Waals surface area contributed by atoms with Crippen LogP contribution in [0.4, 0.5) is 21.6 Å². The summed E-state index contributed by atoms with van der Waals surface area (Å²) in [6.07, 6.45) is 1.88. The zero-order chi connectivity index (χ0) is 26.9. The number of carbonyl (C=O) groups excluding carboxylic acids is 1. The number of amides is 1. The summed E-state index contributed by atoms with van der Waals surface area (Å²) in [7, 11) is 2.13. The zero-order valence-electron chi connectivity index (χ0n) is 21.6. The Morgan fingerprint density at radius 2 is 2.05 bits per heavy atom. The van der Waals surface area contributed by atoms with E-state index in [4.69, 9.17) is 27.8 Å². The number of nitrogens with zero attached hydrogens (tertiary/aromatic N) is 4. The number of nitrogen functional groups attached to an aromatic ring is 1. The molecular weight excluding hydrogens is 517 g/mol. The summed E-state index contributed by atoms with van der Waals surface area (Å²) >= 11 is 7.58. The maximum absolute atomic E-state index is 14.2. The highest BCUT2D eigenvalue weighted by Crippen LogP contribution is 2.33. The van der Waals surface area contributed by atoms with Gasteiger partial charge in [0.2, 0.25) is 11.2 Å². The van der Waals surface area contributed by atoms with Gasteiger partial charge in [-0.3, -0.25) is 4.79 Å². The van der Waals surface area contributed by atoms with Crippen LogP contribution in [0.5, 0.6) is 5.75 Å². The molecule has 0 bridgehead atoms. The van der Waals surface area contributed by atoms with Crippen LogP contribution >= 0.6 is 23.4 Å². The summed E-state index contributed by atoms with van der Waals surface area (Å²) in [5.74, 6) is 0.334. The van der Waals surface area contributed by atoms with E-state index in [1.165, 1.54) is 0 Å². The Morgan fingerprint density at radius 3 is 2.73 bits per heavy atom. The fourth-order valence-corrected chi connectivity index (χ4v) is 5.76. The number of ether oxygens (including phenoxy) is 1. The van der Waals surface area contributed by atoms with Gasteiger partial charge in [-0.1, -0.05) is 13.8 Å². The molecule has 0 unspecified atom stereocenters. The number of carbonyl (C=O) groups is 1. The Hall–Kier alpha value is -2.50. The first kappa shape index (κ1) is 29.1. The first-order chi connectivity index (χ1) is 17.7. The Morgan fingerprint density at radius 1 is 1.32 bits per heavy atom. The third kappa shape index (κ3) is 8.51. The third-order valence-electron chi connectivity index (χ3n) is 6.58. The van der Waals surface area contributed by atoms with Crippen LogP contribution in [0, 0.1) is 11.7 Å². The number of rotatable bonds is 13. The van der Waals surface area contributed by atoms with Gasteiger partial charge in [0.1, 0.15) is 5.75 Å². The van der Waals surface area contributed by atoms with Crippen LogP contribution in [0.15, 0.2) is 24.4 Å². The first-order valence-electron chi connectivity index (χ1n) is 12.5. The molecule has 3 atom stereocenters. The number of piperazine rings is 1. The quantitative estimate of drug-likeness (QED) is 0.194. The molecule has 5 N–H and O–H groups in total. The highest BCUT2D eigenvalue weighted by molar-refractivity contribution is 7.99. The van der Waals surface area contributed by atoms with Gasteiger partial charge in [-0.15, -0.1) is 0 Å². The number of hydrogen-bond acceptors (Lipinski definition) is 9. The predicted octanol–water partition coefficient (Wildman–Crippen LogP) is 3.49. The van der Waals surface area contributed by atoms with Gasteiger partial charge < -0.3 is 31.3 Å². The van der Waals surface area contributed by atoms with Crippen LogP contribution < -0.4 is 26.4 Å². The summed E-state index contributed by atoms with van der Waals surface area (Å²) in [6, 6.07) is 5.39. The molecule has 1 aliphatic heterocycles. The van der Waals surface area contributed by atoms with Gasteiger partial charge >= 0.3 is 0 Å². The molecule has 0 radical (unpaired) electrons. The minimum atomic E-state index is -0.640. The molecule has 204 valence electrons. The van der Waals surface area contributed by atoms with Crippen LogP contribution in [-0.4, -0.2) is 77.7 Å². The molecule has 12 heteroatoms. The second kappa shape index (κ2) is 13.9. The van der Waals surface area contributed by atoms with E-state index in [2.05, 4.69) is 39.1 Å². The Labute approximate surface area is 227 Å². The van der Waals surface area contributed by atoms with Crippen molar-refractivity contribution in [3.05, 3.63) is 35.5 Å². The van der Waals surface area contributed by atoms with Crippen molar-refractivity contribution < 1.29 is 13.9 Å². The number of nitrogens with two attached hydrogens (primary N) is 2. The molecule has 37 heavy (non-hydrogen) atoms. The number of benzene rings is 1. The molecule has 2 aromatic rings. The molecule has 0 spiro atoms. The molecule has 1 saturated heterocycles. The maximum Gasteiger partial charge on any atom is 0.224 e. The van der Waals surface area contributed by atoms with E-state index >= 15 is 0 Å². The SMILES string of the molecule is CC[C@@H](SCCOc1cc(N)ccc1N1CCN(C)CC1)[C@@H](C)[C@H](CC(N)=O)Nc1nc(Cl)ncc1F. The first-order valence-corrected chi connectivity index (χ1v) is 13.9. The Kier molecular flexibility index (Phi) is 10.9. The molecule has 3 rings (SSSR count). The number of thioether (sulfide) groups is 1. The van der Waals surface area contributed by atoms with Crippen molar-refractivity contribution in [1.82, 2.24) is 14.9 Å². The lowest BCUT2D eigenvalue weighted by Gasteiger charge is -2.35.